The second-order valence-corrected chi connectivity index (χ2v) is 9.98. The summed E-state index contributed by atoms with van der Waals surface area (Å²) < 4.78 is 82.8. The summed E-state index contributed by atoms with van der Waals surface area (Å²) in [6.07, 6.45) is -6.20. The quantitative estimate of drug-likeness (QED) is 0.224. The number of alkyl halides is 4. The van der Waals surface area contributed by atoms with Gasteiger partial charge in [-0.15, -0.1) is 5.06 Å². The monoisotopic (exact) mass is 628 g/mol. The number of carbonyl (C=O) groups excluding carboxylic acids is 4. The minimum absolute atomic E-state index is 0.0167. The van der Waals surface area contributed by atoms with Crippen LogP contribution in [0, 0.1) is 11.7 Å². The Kier molecular flexibility index (Phi) is 9.02. The number of aliphatic imine (C=N–C) groups is 1. The van der Waals surface area contributed by atoms with Crippen molar-refractivity contribution in [2.75, 3.05) is 20.4 Å². The molecule has 228 valence electrons. The van der Waals surface area contributed by atoms with Crippen LogP contribution >= 0.6 is 11.6 Å². The van der Waals surface area contributed by atoms with Gasteiger partial charge < -0.3 is 9.47 Å². The Balaban J connectivity index is 1.96. The van der Waals surface area contributed by atoms with Crippen molar-refractivity contribution >= 4 is 41.1 Å². The van der Waals surface area contributed by atoms with Gasteiger partial charge in [0.2, 0.25) is 0 Å². The Morgan fingerprint density at radius 3 is 2.19 bits per heavy atom. The van der Waals surface area contributed by atoms with E-state index in [4.69, 9.17) is 25.9 Å². The average Bonchev–Trinajstić information content (AvgIpc) is 3.19. The van der Waals surface area contributed by atoms with Crippen molar-refractivity contribution in [2.24, 2.45) is 10.9 Å². The molecule has 2 aliphatic heterocycles. The second-order valence-electron chi connectivity index (χ2n) is 9.57. The van der Waals surface area contributed by atoms with Crippen LogP contribution in [0.3, 0.4) is 0 Å². The summed E-state index contributed by atoms with van der Waals surface area (Å²) in [6.45, 7) is 0.273. The van der Waals surface area contributed by atoms with Crippen molar-refractivity contribution in [2.45, 2.75) is 32.0 Å². The SMILES string of the molecule is COC(=O)C1C(CF)=NC(CON2C(=O)c3ccccc3C2=O)=C(C(=O)OC(C)C)C1c1c(F)ccc(Cl)c1C(F)(F)F. The Hall–Kier alpha value is -4.17. The first-order chi connectivity index (χ1) is 20.2. The first-order valence-electron chi connectivity index (χ1n) is 12.5. The molecular weight excluding hydrogens is 607 g/mol. The molecule has 0 aromatic heterocycles. The lowest BCUT2D eigenvalue weighted by Gasteiger charge is -2.34. The van der Waals surface area contributed by atoms with Gasteiger partial charge in [0.15, 0.2) is 0 Å². The van der Waals surface area contributed by atoms with Crippen LogP contribution in [0.5, 0.6) is 0 Å². The van der Waals surface area contributed by atoms with Gasteiger partial charge in [-0.1, -0.05) is 23.7 Å². The number of nitrogens with zero attached hydrogens (tertiary/aromatic N) is 2. The normalized spacial score (nSPS) is 18.7. The lowest BCUT2D eigenvalue weighted by molar-refractivity contribution is -0.146. The molecule has 2 heterocycles. The zero-order valence-electron chi connectivity index (χ0n) is 22.6. The number of hydrogen-bond acceptors (Lipinski definition) is 8. The first-order valence-corrected chi connectivity index (χ1v) is 12.9. The topological polar surface area (TPSA) is 112 Å². The molecule has 0 bridgehead atoms. The number of fused-ring (bicyclic) bond motifs is 1. The number of hydroxylamine groups is 2. The van der Waals surface area contributed by atoms with Crippen molar-refractivity contribution < 1.29 is 55.4 Å². The van der Waals surface area contributed by atoms with E-state index in [1.807, 2.05) is 0 Å². The zero-order valence-corrected chi connectivity index (χ0v) is 23.4. The molecule has 2 unspecified atom stereocenters. The summed E-state index contributed by atoms with van der Waals surface area (Å²) in [4.78, 5) is 61.3. The highest BCUT2D eigenvalue weighted by Crippen LogP contribution is 2.48. The highest BCUT2D eigenvalue weighted by Gasteiger charge is 2.50. The van der Waals surface area contributed by atoms with Crippen LogP contribution in [0.25, 0.3) is 0 Å². The summed E-state index contributed by atoms with van der Waals surface area (Å²) in [7, 11) is 0.852. The fourth-order valence-electron chi connectivity index (χ4n) is 4.87. The van der Waals surface area contributed by atoms with E-state index in [1.54, 1.807) is 0 Å². The Morgan fingerprint density at radius 2 is 1.67 bits per heavy atom. The average molecular weight is 629 g/mol. The molecule has 2 atom stereocenters. The molecule has 0 saturated heterocycles. The minimum atomic E-state index is -5.32. The molecule has 0 saturated carbocycles. The van der Waals surface area contributed by atoms with Gasteiger partial charge in [-0.2, -0.15) is 13.2 Å². The Morgan fingerprint density at radius 1 is 1.07 bits per heavy atom. The Bertz CT molecular complexity index is 1540. The molecular formula is C28H22ClF5N2O7. The molecule has 9 nitrogen and oxygen atoms in total. The van der Waals surface area contributed by atoms with Gasteiger partial charge in [-0.05, 0) is 38.1 Å². The molecule has 0 radical (unpaired) electrons. The van der Waals surface area contributed by atoms with E-state index >= 15 is 4.39 Å². The molecule has 2 amide bonds. The third-order valence-electron chi connectivity index (χ3n) is 6.57. The third kappa shape index (κ3) is 5.89. The first kappa shape index (κ1) is 31.8. The molecule has 2 aromatic carbocycles. The summed E-state index contributed by atoms with van der Waals surface area (Å²) in [5.74, 6) is -10.4. The second kappa shape index (κ2) is 12.2. The van der Waals surface area contributed by atoms with Crippen molar-refractivity contribution in [3.05, 3.63) is 80.8 Å². The number of benzene rings is 2. The van der Waals surface area contributed by atoms with E-state index in [-0.39, 0.29) is 11.1 Å². The largest absolute Gasteiger partial charge is 0.468 e. The van der Waals surface area contributed by atoms with Crippen LogP contribution in [0.4, 0.5) is 22.0 Å². The van der Waals surface area contributed by atoms with Crippen molar-refractivity contribution in [3.8, 4) is 0 Å². The van der Waals surface area contributed by atoms with Gasteiger partial charge in [-0.3, -0.25) is 24.2 Å². The van der Waals surface area contributed by atoms with E-state index in [2.05, 4.69) is 4.99 Å². The maximum absolute atomic E-state index is 15.5. The lowest BCUT2D eigenvalue weighted by Crippen LogP contribution is -2.41. The maximum atomic E-state index is 15.5. The van der Waals surface area contributed by atoms with Gasteiger partial charge in [0, 0.05) is 11.5 Å². The predicted molar refractivity (Wildman–Crippen MR) is 139 cm³/mol. The van der Waals surface area contributed by atoms with Crippen LogP contribution in [-0.2, 0) is 30.1 Å². The van der Waals surface area contributed by atoms with Crippen LogP contribution in [-0.4, -0.2) is 61.0 Å². The van der Waals surface area contributed by atoms with Crippen LogP contribution in [0.15, 0.2) is 52.7 Å². The number of methoxy groups -OCH3 is 1. The van der Waals surface area contributed by atoms with Gasteiger partial charge in [-0.25, -0.2) is 13.6 Å². The summed E-state index contributed by atoms with van der Waals surface area (Å²) in [5.41, 5.74) is -5.24. The zero-order chi connectivity index (χ0) is 31.8. The van der Waals surface area contributed by atoms with E-state index in [1.165, 1.54) is 38.1 Å². The number of halogens is 6. The van der Waals surface area contributed by atoms with Crippen molar-refractivity contribution in [1.82, 2.24) is 5.06 Å². The smallest absolute Gasteiger partial charge is 0.418 e. The number of ether oxygens (including phenoxy) is 2. The molecule has 15 heteroatoms. The van der Waals surface area contributed by atoms with Crippen molar-refractivity contribution in [3.63, 3.8) is 0 Å². The van der Waals surface area contributed by atoms with Gasteiger partial charge in [0.25, 0.3) is 11.8 Å². The number of hydrogen-bond donors (Lipinski definition) is 0. The van der Waals surface area contributed by atoms with Crippen LogP contribution in [0.1, 0.15) is 51.6 Å². The highest BCUT2D eigenvalue weighted by atomic mass is 35.5. The summed E-state index contributed by atoms with van der Waals surface area (Å²) >= 11 is 5.86. The van der Waals surface area contributed by atoms with Crippen molar-refractivity contribution in [1.29, 1.82) is 0 Å². The predicted octanol–water partition coefficient (Wildman–Crippen LogP) is 5.23. The molecule has 4 rings (SSSR count). The summed E-state index contributed by atoms with van der Waals surface area (Å²) in [6, 6.07) is 6.89. The number of esters is 2. The van der Waals surface area contributed by atoms with E-state index in [0.29, 0.717) is 17.2 Å². The molecule has 0 fully saturated rings. The number of amides is 2. The van der Waals surface area contributed by atoms with E-state index < -0.39 is 100 Å². The minimum Gasteiger partial charge on any atom is -0.468 e. The van der Waals surface area contributed by atoms with E-state index in [9.17, 15) is 36.7 Å². The van der Waals surface area contributed by atoms with Crippen LogP contribution < -0.4 is 0 Å². The number of rotatable bonds is 8. The summed E-state index contributed by atoms with van der Waals surface area (Å²) in [5, 5.41) is -0.645. The standard InChI is InChI=1S/C28H22ClF5N2O7/c1-12(2)43-27(40)21-18(11-42-36-24(37)13-6-4-5-7-14(13)25(36)38)35-17(10-30)20(26(39)41-3)22(21)19-16(31)9-8-15(29)23(19)28(32,33)34/h4-9,12,20,22H,10-11H2,1-3H3. The third-order valence-corrected chi connectivity index (χ3v) is 6.89. The van der Waals surface area contributed by atoms with Gasteiger partial charge in [0.1, 0.15) is 25.0 Å². The molecule has 0 N–H and O–H groups in total. The lowest BCUT2D eigenvalue weighted by atomic mass is 9.73. The van der Waals surface area contributed by atoms with E-state index in [0.717, 1.165) is 7.11 Å². The fourth-order valence-corrected chi connectivity index (χ4v) is 5.14. The van der Waals surface area contributed by atoms with Gasteiger partial charge >= 0.3 is 18.1 Å². The molecule has 0 aliphatic carbocycles. The fraction of sp³-hybridized carbons (Fsp3) is 0.321. The highest BCUT2D eigenvalue weighted by molar-refractivity contribution is 6.31. The number of carbonyl (C=O) groups is 4. The van der Waals surface area contributed by atoms with Crippen LogP contribution in [0.2, 0.25) is 5.02 Å². The molecule has 2 aromatic rings. The molecule has 43 heavy (non-hydrogen) atoms. The Labute approximate surface area is 245 Å². The maximum Gasteiger partial charge on any atom is 0.418 e. The molecule has 2 aliphatic rings. The van der Waals surface area contributed by atoms with Gasteiger partial charge in [0.05, 0.1) is 51.9 Å². The molecule has 0 spiro atoms. The number of imide groups is 1.